The lowest BCUT2D eigenvalue weighted by Gasteiger charge is -2.33. The molecule has 152 valence electrons. The summed E-state index contributed by atoms with van der Waals surface area (Å²) in [5.74, 6) is 1.41. The van der Waals surface area contributed by atoms with Crippen molar-refractivity contribution < 1.29 is 13.2 Å². The molecule has 0 amide bonds. The second kappa shape index (κ2) is 8.06. The van der Waals surface area contributed by atoms with Gasteiger partial charge in [0.05, 0.1) is 24.1 Å². The van der Waals surface area contributed by atoms with Crippen molar-refractivity contribution in [2.45, 2.75) is 18.4 Å². The summed E-state index contributed by atoms with van der Waals surface area (Å²) in [7, 11) is -1.94. The summed E-state index contributed by atoms with van der Waals surface area (Å²) in [6, 6.07) is 14.5. The fraction of sp³-hybridized carbons (Fsp3) is 0.333. The van der Waals surface area contributed by atoms with Crippen molar-refractivity contribution in [1.29, 1.82) is 0 Å². The molecule has 0 spiro atoms. The van der Waals surface area contributed by atoms with Crippen LogP contribution in [-0.4, -0.2) is 60.9 Å². The molecule has 0 bridgehead atoms. The predicted molar refractivity (Wildman–Crippen MR) is 111 cm³/mol. The minimum Gasteiger partial charge on any atom is -0.497 e. The summed E-state index contributed by atoms with van der Waals surface area (Å²) in [5, 5.41) is 1.06. The van der Waals surface area contributed by atoms with E-state index in [4.69, 9.17) is 4.74 Å². The van der Waals surface area contributed by atoms with Crippen molar-refractivity contribution in [1.82, 2.24) is 19.2 Å². The molecule has 0 aliphatic carbocycles. The van der Waals surface area contributed by atoms with E-state index in [0.29, 0.717) is 43.4 Å². The van der Waals surface area contributed by atoms with Crippen molar-refractivity contribution in [2.24, 2.45) is 0 Å². The van der Waals surface area contributed by atoms with Gasteiger partial charge in [-0.15, -0.1) is 0 Å². The average molecular weight is 413 g/mol. The van der Waals surface area contributed by atoms with Crippen molar-refractivity contribution in [3.8, 4) is 5.75 Å². The smallest absolute Gasteiger partial charge is 0.243 e. The normalized spacial score (nSPS) is 16.2. The molecule has 29 heavy (non-hydrogen) atoms. The molecular formula is C21H24N4O3S. The molecule has 1 aliphatic heterocycles. The summed E-state index contributed by atoms with van der Waals surface area (Å²) < 4.78 is 32.4. The molecule has 2 aromatic carbocycles. The third-order valence-electron chi connectivity index (χ3n) is 5.23. The van der Waals surface area contributed by atoms with E-state index in [-0.39, 0.29) is 0 Å². The average Bonchev–Trinajstić information content (AvgIpc) is 2.74. The van der Waals surface area contributed by atoms with Gasteiger partial charge >= 0.3 is 0 Å². The SMILES string of the molecule is COc1ccc(S(=O)(=O)N2CCN(Cc3nc(C)c4ccccc4n3)CC2)cc1. The molecule has 3 aromatic rings. The number of aromatic nitrogens is 2. The maximum absolute atomic E-state index is 12.9. The van der Waals surface area contributed by atoms with E-state index in [1.165, 1.54) is 4.31 Å². The van der Waals surface area contributed by atoms with E-state index >= 15 is 0 Å². The first kappa shape index (κ1) is 19.8. The number of hydrogen-bond acceptors (Lipinski definition) is 6. The number of sulfonamides is 1. The van der Waals surface area contributed by atoms with Gasteiger partial charge in [-0.3, -0.25) is 4.90 Å². The Labute approximate surface area is 171 Å². The van der Waals surface area contributed by atoms with Crippen LogP contribution in [0.4, 0.5) is 0 Å². The highest BCUT2D eigenvalue weighted by atomic mass is 32.2. The lowest BCUT2D eigenvalue weighted by Crippen LogP contribution is -2.48. The van der Waals surface area contributed by atoms with Crippen molar-refractivity contribution in [3.63, 3.8) is 0 Å². The summed E-state index contributed by atoms with van der Waals surface area (Å²) >= 11 is 0. The van der Waals surface area contributed by atoms with Crippen LogP contribution in [0.2, 0.25) is 0 Å². The molecule has 2 heterocycles. The zero-order chi connectivity index (χ0) is 20.4. The van der Waals surface area contributed by atoms with Crippen molar-refractivity contribution in [2.75, 3.05) is 33.3 Å². The minimum absolute atomic E-state index is 0.292. The first-order valence-electron chi connectivity index (χ1n) is 9.56. The number of hydrogen-bond donors (Lipinski definition) is 0. The molecule has 0 radical (unpaired) electrons. The largest absolute Gasteiger partial charge is 0.497 e. The molecule has 8 heteroatoms. The Hall–Kier alpha value is -2.55. The van der Waals surface area contributed by atoms with Crippen molar-refractivity contribution >= 4 is 20.9 Å². The lowest BCUT2D eigenvalue weighted by molar-refractivity contribution is 0.178. The number of para-hydroxylation sites is 1. The molecule has 1 fully saturated rings. The van der Waals surface area contributed by atoms with Gasteiger partial charge in [0.15, 0.2) is 0 Å². The van der Waals surface area contributed by atoms with Crippen LogP contribution >= 0.6 is 0 Å². The Morgan fingerprint density at radius 3 is 2.34 bits per heavy atom. The van der Waals surface area contributed by atoms with E-state index in [1.54, 1.807) is 31.4 Å². The molecule has 7 nitrogen and oxygen atoms in total. The van der Waals surface area contributed by atoms with Gasteiger partial charge in [0.25, 0.3) is 0 Å². The van der Waals surface area contributed by atoms with Crippen LogP contribution in [0.25, 0.3) is 10.9 Å². The fourth-order valence-electron chi connectivity index (χ4n) is 3.59. The molecule has 0 atom stereocenters. The molecule has 0 unspecified atom stereocenters. The lowest BCUT2D eigenvalue weighted by atomic mass is 10.2. The van der Waals surface area contributed by atoms with Crippen LogP contribution < -0.4 is 4.74 Å². The molecule has 1 saturated heterocycles. The maximum Gasteiger partial charge on any atom is 0.243 e. The third-order valence-corrected chi connectivity index (χ3v) is 7.15. The van der Waals surface area contributed by atoms with Crippen LogP contribution in [0.1, 0.15) is 11.5 Å². The van der Waals surface area contributed by atoms with E-state index < -0.39 is 10.0 Å². The van der Waals surface area contributed by atoms with E-state index in [0.717, 1.165) is 22.4 Å². The zero-order valence-electron chi connectivity index (χ0n) is 16.6. The Bertz CT molecular complexity index is 1110. The Morgan fingerprint density at radius 2 is 1.66 bits per heavy atom. The second-order valence-electron chi connectivity index (χ2n) is 7.10. The van der Waals surface area contributed by atoms with Crippen molar-refractivity contribution in [3.05, 3.63) is 60.0 Å². The number of benzene rings is 2. The summed E-state index contributed by atoms with van der Waals surface area (Å²) in [5.41, 5.74) is 1.90. The van der Waals surface area contributed by atoms with Gasteiger partial charge in [-0.2, -0.15) is 4.31 Å². The topological polar surface area (TPSA) is 75.6 Å². The second-order valence-corrected chi connectivity index (χ2v) is 9.04. The van der Waals surface area contributed by atoms with Gasteiger partial charge in [0, 0.05) is 37.3 Å². The summed E-state index contributed by atoms with van der Waals surface area (Å²) in [6.07, 6.45) is 0. The summed E-state index contributed by atoms with van der Waals surface area (Å²) in [4.78, 5) is 11.8. The standard InChI is InChI=1S/C21H24N4O3S/c1-16-19-5-3-4-6-20(19)23-21(22-16)15-24-11-13-25(14-12-24)29(26,27)18-9-7-17(28-2)8-10-18/h3-10H,11-15H2,1-2H3. The molecule has 1 aliphatic rings. The Kier molecular flexibility index (Phi) is 5.49. The number of ether oxygens (including phenoxy) is 1. The van der Waals surface area contributed by atoms with Gasteiger partial charge in [-0.05, 0) is 37.3 Å². The number of piperazine rings is 1. The minimum atomic E-state index is -3.50. The molecule has 4 rings (SSSR count). The molecule has 0 N–H and O–H groups in total. The highest BCUT2D eigenvalue weighted by molar-refractivity contribution is 7.89. The monoisotopic (exact) mass is 412 g/mol. The first-order chi connectivity index (χ1) is 14.0. The van der Waals surface area contributed by atoms with Crippen LogP contribution in [0.15, 0.2) is 53.4 Å². The molecule has 0 saturated carbocycles. The fourth-order valence-corrected chi connectivity index (χ4v) is 5.01. The Balaban J connectivity index is 1.42. The number of aryl methyl sites for hydroxylation is 1. The van der Waals surface area contributed by atoms with Gasteiger partial charge in [0.1, 0.15) is 11.6 Å². The van der Waals surface area contributed by atoms with Crippen LogP contribution in [0.5, 0.6) is 5.75 Å². The maximum atomic E-state index is 12.9. The zero-order valence-corrected chi connectivity index (χ0v) is 17.4. The summed E-state index contributed by atoms with van der Waals surface area (Å²) in [6.45, 7) is 4.78. The highest BCUT2D eigenvalue weighted by Crippen LogP contribution is 2.21. The van der Waals surface area contributed by atoms with Gasteiger partial charge < -0.3 is 4.74 Å². The number of nitrogens with zero attached hydrogens (tertiary/aromatic N) is 4. The number of rotatable bonds is 5. The van der Waals surface area contributed by atoms with Crippen LogP contribution in [-0.2, 0) is 16.6 Å². The van der Waals surface area contributed by atoms with Gasteiger partial charge in [-0.1, -0.05) is 18.2 Å². The predicted octanol–water partition coefficient (Wildman–Crippen LogP) is 2.45. The van der Waals surface area contributed by atoms with E-state index in [1.807, 2.05) is 31.2 Å². The highest BCUT2D eigenvalue weighted by Gasteiger charge is 2.28. The van der Waals surface area contributed by atoms with E-state index in [9.17, 15) is 8.42 Å². The quantitative estimate of drug-likeness (QED) is 0.641. The Morgan fingerprint density at radius 1 is 0.966 bits per heavy atom. The van der Waals surface area contributed by atoms with Gasteiger partial charge in [0.2, 0.25) is 10.0 Å². The van der Waals surface area contributed by atoms with Gasteiger partial charge in [-0.25, -0.2) is 18.4 Å². The molecule has 1 aromatic heterocycles. The van der Waals surface area contributed by atoms with Crippen LogP contribution in [0.3, 0.4) is 0 Å². The third kappa shape index (κ3) is 4.10. The van der Waals surface area contributed by atoms with E-state index in [2.05, 4.69) is 14.9 Å². The first-order valence-corrected chi connectivity index (χ1v) is 11.0. The number of methoxy groups -OCH3 is 1. The van der Waals surface area contributed by atoms with Crippen LogP contribution in [0, 0.1) is 6.92 Å². The molecular weight excluding hydrogens is 388 g/mol. The number of fused-ring (bicyclic) bond motifs is 1.